The molecular formula is C19H22N2O3. The molecule has 1 N–H and O–H groups in total. The zero-order chi connectivity index (χ0) is 16.6. The maximum absolute atomic E-state index is 11.7. The van der Waals surface area contributed by atoms with Gasteiger partial charge in [-0.15, -0.1) is 0 Å². The van der Waals surface area contributed by atoms with Gasteiger partial charge in [0.25, 0.3) is 0 Å². The molecule has 0 radical (unpaired) electrons. The first-order chi connectivity index (χ1) is 11.8. The van der Waals surface area contributed by atoms with Crippen LogP contribution in [0.1, 0.15) is 24.0 Å². The van der Waals surface area contributed by atoms with Crippen LogP contribution in [-0.2, 0) is 22.7 Å². The molecule has 1 saturated carbocycles. The van der Waals surface area contributed by atoms with Crippen LogP contribution < -0.4 is 10.1 Å². The van der Waals surface area contributed by atoms with Crippen molar-refractivity contribution in [2.45, 2.75) is 26.0 Å². The van der Waals surface area contributed by atoms with E-state index in [1.807, 2.05) is 42.5 Å². The van der Waals surface area contributed by atoms with Gasteiger partial charge >= 0.3 is 0 Å². The summed E-state index contributed by atoms with van der Waals surface area (Å²) < 4.78 is 11.1. The van der Waals surface area contributed by atoms with E-state index in [9.17, 15) is 4.79 Å². The van der Waals surface area contributed by atoms with Gasteiger partial charge in [0, 0.05) is 18.8 Å². The molecule has 0 saturated heterocycles. The number of pyridine rings is 1. The normalized spacial score (nSPS) is 13.5. The summed E-state index contributed by atoms with van der Waals surface area (Å²) in [7, 11) is 0. The number of benzene rings is 1. The molecule has 3 rings (SSSR count). The fourth-order valence-corrected chi connectivity index (χ4v) is 2.23. The first-order valence-electron chi connectivity index (χ1n) is 8.26. The Balaban J connectivity index is 1.41. The first kappa shape index (κ1) is 16.5. The lowest BCUT2D eigenvalue weighted by molar-refractivity contribution is -0.126. The summed E-state index contributed by atoms with van der Waals surface area (Å²) >= 11 is 0. The zero-order valence-corrected chi connectivity index (χ0v) is 13.6. The Labute approximate surface area is 142 Å². The van der Waals surface area contributed by atoms with Gasteiger partial charge < -0.3 is 14.8 Å². The molecule has 0 unspecified atom stereocenters. The highest BCUT2D eigenvalue weighted by atomic mass is 16.5. The minimum absolute atomic E-state index is 0.0979. The Hall–Kier alpha value is -2.40. The molecule has 2 aromatic rings. The van der Waals surface area contributed by atoms with Crippen LogP contribution in [0, 0.1) is 5.92 Å². The third-order valence-corrected chi connectivity index (χ3v) is 3.80. The molecular weight excluding hydrogens is 304 g/mol. The fraction of sp³-hybridized carbons (Fsp3) is 0.368. The largest absolute Gasteiger partial charge is 0.473 e. The first-order valence-corrected chi connectivity index (χ1v) is 8.26. The average molecular weight is 326 g/mol. The second kappa shape index (κ2) is 8.45. The quantitative estimate of drug-likeness (QED) is 0.770. The van der Waals surface area contributed by atoms with Gasteiger partial charge in [0.05, 0.1) is 6.61 Å². The van der Waals surface area contributed by atoms with E-state index in [2.05, 4.69) is 10.3 Å². The highest BCUT2D eigenvalue weighted by Crippen LogP contribution is 2.28. The van der Waals surface area contributed by atoms with Crippen molar-refractivity contribution in [1.29, 1.82) is 0 Å². The van der Waals surface area contributed by atoms with Gasteiger partial charge in [0.1, 0.15) is 13.2 Å². The minimum Gasteiger partial charge on any atom is -0.473 e. The maximum Gasteiger partial charge on any atom is 0.246 e. The predicted octanol–water partition coefficient (Wildman–Crippen LogP) is 2.70. The van der Waals surface area contributed by atoms with E-state index in [1.54, 1.807) is 6.20 Å². The highest BCUT2D eigenvalue weighted by molar-refractivity contribution is 5.77. The van der Waals surface area contributed by atoms with E-state index in [0.717, 1.165) is 11.1 Å². The summed E-state index contributed by atoms with van der Waals surface area (Å²) in [5, 5.41) is 2.85. The number of carbonyl (C=O) groups is 1. The number of ether oxygens (including phenoxy) is 2. The topological polar surface area (TPSA) is 60.5 Å². The molecule has 0 aliphatic heterocycles. The van der Waals surface area contributed by atoms with E-state index in [0.29, 0.717) is 31.6 Å². The van der Waals surface area contributed by atoms with Crippen LogP contribution in [0.3, 0.4) is 0 Å². The molecule has 1 aromatic carbocycles. The number of hydrogen-bond acceptors (Lipinski definition) is 4. The number of amides is 1. The van der Waals surface area contributed by atoms with Crippen molar-refractivity contribution in [3.8, 4) is 5.88 Å². The lowest BCUT2D eigenvalue weighted by Crippen LogP contribution is -2.27. The molecule has 5 nitrogen and oxygen atoms in total. The molecule has 1 aliphatic carbocycles. The molecule has 126 valence electrons. The Bertz CT molecular complexity index is 657. The van der Waals surface area contributed by atoms with Crippen molar-refractivity contribution in [2.75, 3.05) is 13.2 Å². The van der Waals surface area contributed by atoms with E-state index >= 15 is 0 Å². The average Bonchev–Trinajstić information content (AvgIpc) is 3.44. The van der Waals surface area contributed by atoms with Gasteiger partial charge in [0.15, 0.2) is 0 Å². The zero-order valence-electron chi connectivity index (χ0n) is 13.6. The van der Waals surface area contributed by atoms with E-state index in [-0.39, 0.29) is 12.5 Å². The van der Waals surface area contributed by atoms with Crippen LogP contribution in [0.25, 0.3) is 0 Å². The van der Waals surface area contributed by atoms with Gasteiger partial charge in [-0.05, 0) is 36.0 Å². The van der Waals surface area contributed by atoms with Crippen LogP contribution in [0.15, 0.2) is 48.7 Å². The maximum atomic E-state index is 11.7. The SMILES string of the molecule is O=C(COCC1CC1)NCc1ccnc(OCc2ccccc2)c1. The van der Waals surface area contributed by atoms with Gasteiger partial charge in [0.2, 0.25) is 11.8 Å². The van der Waals surface area contributed by atoms with Crippen LogP contribution in [0.5, 0.6) is 5.88 Å². The molecule has 1 aromatic heterocycles. The lowest BCUT2D eigenvalue weighted by atomic mass is 10.2. The molecule has 5 heteroatoms. The molecule has 1 heterocycles. The Morgan fingerprint density at radius 1 is 1.17 bits per heavy atom. The van der Waals surface area contributed by atoms with Crippen molar-refractivity contribution in [2.24, 2.45) is 5.92 Å². The van der Waals surface area contributed by atoms with Crippen LogP contribution in [0.4, 0.5) is 0 Å². The van der Waals surface area contributed by atoms with Crippen molar-refractivity contribution in [3.63, 3.8) is 0 Å². The second-order valence-electron chi connectivity index (χ2n) is 6.01. The third-order valence-electron chi connectivity index (χ3n) is 3.80. The smallest absolute Gasteiger partial charge is 0.246 e. The van der Waals surface area contributed by atoms with Crippen molar-refractivity contribution in [1.82, 2.24) is 10.3 Å². The van der Waals surface area contributed by atoms with Gasteiger partial charge in [-0.3, -0.25) is 4.79 Å². The molecule has 0 atom stereocenters. The standard InChI is InChI=1S/C19H22N2O3/c22-18(14-23-12-16-6-7-16)21-11-17-8-9-20-19(10-17)24-13-15-4-2-1-3-5-15/h1-5,8-10,16H,6-7,11-14H2,(H,21,22). The number of rotatable bonds is 9. The number of carbonyl (C=O) groups excluding carboxylic acids is 1. The van der Waals surface area contributed by atoms with E-state index in [4.69, 9.17) is 9.47 Å². The number of nitrogens with zero attached hydrogens (tertiary/aromatic N) is 1. The highest BCUT2D eigenvalue weighted by Gasteiger charge is 2.21. The van der Waals surface area contributed by atoms with Crippen LogP contribution in [-0.4, -0.2) is 24.1 Å². The Morgan fingerprint density at radius 2 is 2.00 bits per heavy atom. The summed E-state index contributed by atoms with van der Waals surface area (Å²) in [5.41, 5.74) is 2.04. The molecule has 1 amide bonds. The number of nitrogens with one attached hydrogen (secondary N) is 1. The van der Waals surface area contributed by atoms with Gasteiger partial charge in [-0.25, -0.2) is 4.98 Å². The van der Waals surface area contributed by atoms with Crippen molar-refractivity contribution < 1.29 is 14.3 Å². The van der Waals surface area contributed by atoms with E-state index in [1.165, 1.54) is 12.8 Å². The summed E-state index contributed by atoms with van der Waals surface area (Å²) in [6.07, 6.45) is 4.14. The van der Waals surface area contributed by atoms with E-state index < -0.39 is 0 Å². The lowest BCUT2D eigenvalue weighted by Gasteiger charge is -2.08. The monoisotopic (exact) mass is 326 g/mol. The molecule has 1 fully saturated rings. The number of hydrogen-bond donors (Lipinski definition) is 1. The third kappa shape index (κ3) is 5.66. The summed E-state index contributed by atoms with van der Waals surface area (Å²) in [6.45, 7) is 1.73. The predicted molar refractivity (Wildman–Crippen MR) is 90.4 cm³/mol. The Morgan fingerprint density at radius 3 is 2.79 bits per heavy atom. The minimum atomic E-state index is -0.0979. The second-order valence-corrected chi connectivity index (χ2v) is 6.01. The summed E-state index contributed by atoms with van der Waals surface area (Å²) in [6, 6.07) is 13.6. The summed E-state index contributed by atoms with van der Waals surface area (Å²) in [5.74, 6) is 1.12. The molecule has 0 spiro atoms. The van der Waals surface area contributed by atoms with Gasteiger partial charge in [-0.1, -0.05) is 30.3 Å². The van der Waals surface area contributed by atoms with Crippen molar-refractivity contribution >= 4 is 5.91 Å². The molecule has 1 aliphatic rings. The van der Waals surface area contributed by atoms with Crippen LogP contribution >= 0.6 is 0 Å². The molecule has 24 heavy (non-hydrogen) atoms. The van der Waals surface area contributed by atoms with Gasteiger partial charge in [-0.2, -0.15) is 0 Å². The fourth-order valence-electron chi connectivity index (χ4n) is 2.23. The number of aromatic nitrogens is 1. The summed E-state index contributed by atoms with van der Waals surface area (Å²) in [4.78, 5) is 15.9. The van der Waals surface area contributed by atoms with Crippen molar-refractivity contribution in [3.05, 3.63) is 59.8 Å². The molecule has 0 bridgehead atoms. The Kier molecular flexibility index (Phi) is 5.80. The van der Waals surface area contributed by atoms with Crippen LogP contribution in [0.2, 0.25) is 0 Å².